The number of hydrogen-bond donors (Lipinski definition) is 3. The first-order chi connectivity index (χ1) is 11.5. The van der Waals surface area contributed by atoms with E-state index in [2.05, 4.69) is 20.7 Å². The van der Waals surface area contributed by atoms with Crippen molar-refractivity contribution in [3.8, 4) is 0 Å². The number of nitrogens with zero attached hydrogens (tertiary/aromatic N) is 2. The summed E-state index contributed by atoms with van der Waals surface area (Å²) in [5, 5.41) is 25.2. The molecule has 1 aromatic heterocycles. The van der Waals surface area contributed by atoms with Crippen molar-refractivity contribution in [2.24, 2.45) is 5.92 Å². The molecular weight excluding hydrogens is 328 g/mol. The van der Waals surface area contributed by atoms with Crippen LogP contribution in [0.25, 0.3) is 0 Å². The van der Waals surface area contributed by atoms with Crippen molar-refractivity contribution in [2.75, 3.05) is 6.54 Å². The molecule has 3 N–H and O–H groups in total. The molecule has 2 atom stereocenters. The molecule has 128 valence electrons. The maximum atomic E-state index is 12.5. The first-order valence-corrected chi connectivity index (χ1v) is 8.54. The number of H-pyrrole nitrogens is 1. The van der Waals surface area contributed by atoms with Crippen LogP contribution in [0.2, 0.25) is 5.02 Å². The van der Waals surface area contributed by atoms with Crippen LogP contribution in [0.1, 0.15) is 36.7 Å². The fourth-order valence-corrected chi connectivity index (χ4v) is 3.20. The summed E-state index contributed by atoms with van der Waals surface area (Å²) in [5.41, 5.74) is 1.46. The first-order valence-electron chi connectivity index (χ1n) is 8.16. The zero-order valence-corrected chi connectivity index (χ0v) is 14.3. The topological polar surface area (TPSA) is 90.9 Å². The molecule has 1 aromatic carbocycles. The predicted molar refractivity (Wildman–Crippen MR) is 90.5 cm³/mol. The van der Waals surface area contributed by atoms with Crippen LogP contribution in [0.3, 0.4) is 0 Å². The fourth-order valence-electron chi connectivity index (χ4n) is 3.08. The smallest absolute Gasteiger partial charge is 0.223 e. The highest BCUT2D eigenvalue weighted by atomic mass is 35.5. The van der Waals surface area contributed by atoms with Crippen LogP contribution in [0, 0.1) is 5.92 Å². The predicted octanol–water partition coefficient (Wildman–Crippen LogP) is 1.98. The SMILES string of the molecule is CC[C@](O)(CNC(=O)[C@H]1CCc2n[nH]nc2C1)c1ccc(Cl)cc1. The summed E-state index contributed by atoms with van der Waals surface area (Å²) >= 11 is 5.90. The van der Waals surface area contributed by atoms with Crippen molar-refractivity contribution < 1.29 is 9.90 Å². The minimum absolute atomic E-state index is 0.0514. The maximum absolute atomic E-state index is 12.5. The monoisotopic (exact) mass is 348 g/mol. The summed E-state index contributed by atoms with van der Waals surface area (Å²) in [6.45, 7) is 2.06. The number of benzene rings is 1. The Balaban J connectivity index is 1.63. The highest BCUT2D eigenvalue weighted by Gasteiger charge is 2.31. The normalized spacial score (nSPS) is 19.4. The summed E-state index contributed by atoms with van der Waals surface area (Å²) in [5.74, 6) is -0.182. The molecule has 0 spiro atoms. The summed E-state index contributed by atoms with van der Waals surface area (Å²) in [6.07, 6.45) is 2.58. The Morgan fingerprint density at radius 3 is 2.79 bits per heavy atom. The van der Waals surface area contributed by atoms with E-state index in [9.17, 15) is 9.90 Å². The molecule has 0 radical (unpaired) electrons. The number of rotatable bonds is 5. The molecule has 0 fully saturated rings. The van der Waals surface area contributed by atoms with Crippen LogP contribution in [0.15, 0.2) is 24.3 Å². The first kappa shape index (κ1) is 16.9. The Morgan fingerprint density at radius 2 is 2.08 bits per heavy atom. The number of nitrogens with one attached hydrogen (secondary N) is 2. The van der Waals surface area contributed by atoms with E-state index in [1.807, 2.05) is 6.92 Å². The van der Waals surface area contributed by atoms with Gasteiger partial charge in [0.25, 0.3) is 0 Å². The third-order valence-electron chi connectivity index (χ3n) is 4.76. The molecule has 1 heterocycles. The third kappa shape index (κ3) is 3.44. The number of hydrogen-bond acceptors (Lipinski definition) is 4. The minimum atomic E-state index is -1.10. The van der Waals surface area contributed by atoms with Gasteiger partial charge >= 0.3 is 0 Å². The third-order valence-corrected chi connectivity index (χ3v) is 5.02. The van der Waals surface area contributed by atoms with Gasteiger partial charge in [-0.3, -0.25) is 4.79 Å². The van der Waals surface area contributed by atoms with E-state index in [1.165, 1.54) is 0 Å². The molecule has 0 aliphatic heterocycles. The number of halogens is 1. The fraction of sp³-hybridized carbons (Fsp3) is 0.471. The van der Waals surface area contributed by atoms with Crippen molar-refractivity contribution in [1.29, 1.82) is 0 Å². The van der Waals surface area contributed by atoms with Crippen molar-refractivity contribution in [2.45, 2.75) is 38.2 Å². The molecule has 0 unspecified atom stereocenters. The van der Waals surface area contributed by atoms with Crippen molar-refractivity contribution >= 4 is 17.5 Å². The van der Waals surface area contributed by atoms with Gasteiger partial charge in [0.05, 0.1) is 17.9 Å². The molecule has 2 aromatic rings. The Labute approximate surface area is 145 Å². The number of amides is 1. The Hall–Kier alpha value is -1.92. The quantitative estimate of drug-likeness (QED) is 0.770. The number of aromatic nitrogens is 3. The Morgan fingerprint density at radius 1 is 1.38 bits per heavy atom. The molecule has 1 amide bonds. The standard InChI is InChI=1S/C17H21ClN4O2/c1-2-17(24,12-4-6-13(18)7-5-12)10-19-16(23)11-3-8-14-15(9-11)21-22-20-14/h4-7,11,24H,2-3,8-10H2,1H3,(H,19,23)(H,20,21,22)/t11-,17-/m0/s1. The highest BCUT2D eigenvalue weighted by Crippen LogP contribution is 2.27. The van der Waals surface area contributed by atoms with Gasteiger partial charge in [-0.15, -0.1) is 0 Å². The second kappa shape index (κ2) is 6.91. The molecule has 7 heteroatoms. The van der Waals surface area contributed by atoms with E-state index >= 15 is 0 Å². The van der Waals surface area contributed by atoms with Crippen molar-refractivity contribution in [3.63, 3.8) is 0 Å². The molecule has 6 nitrogen and oxygen atoms in total. The number of aromatic amines is 1. The van der Waals surface area contributed by atoms with Crippen LogP contribution in [-0.2, 0) is 23.2 Å². The summed E-state index contributed by atoms with van der Waals surface area (Å²) in [4.78, 5) is 12.5. The average molecular weight is 349 g/mol. The summed E-state index contributed by atoms with van der Waals surface area (Å²) < 4.78 is 0. The lowest BCUT2D eigenvalue weighted by atomic mass is 9.88. The molecule has 0 bridgehead atoms. The van der Waals surface area contributed by atoms with Gasteiger partial charge in [-0.1, -0.05) is 30.7 Å². The maximum Gasteiger partial charge on any atom is 0.223 e. The zero-order valence-electron chi connectivity index (χ0n) is 13.6. The van der Waals surface area contributed by atoms with Crippen LogP contribution in [0.5, 0.6) is 0 Å². The van der Waals surface area contributed by atoms with Crippen molar-refractivity contribution in [3.05, 3.63) is 46.2 Å². The second-order valence-corrected chi connectivity index (χ2v) is 6.70. The van der Waals surface area contributed by atoms with E-state index in [0.717, 1.165) is 29.8 Å². The molecule has 0 saturated heterocycles. The van der Waals surface area contributed by atoms with Crippen LogP contribution >= 0.6 is 11.6 Å². The number of fused-ring (bicyclic) bond motifs is 1. The van der Waals surface area contributed by atoms with Gasteiger partial charge in [-0.25, -0.2) is 0 Å². The van der Waals surface area contributed by atoms with Crippen LogP contribution in [-0.4, -0.2) is 33.0 Å². The van der Waals surface area contributed by atoms with Gasteiger partial charge in [-0.05, 0) is 37.0 Å². The molecule has 1 aliphatic rings. The van der Waals surface area contributed by atoms with E-state index < -0.39 is 5.60 Å². The zero-order chi connectivity index (χ0) is 17.2. The van der Waals surface area contributed by atoms with Gasteiger partial charge in [-0.2, -0.15) is 15.4 Å². The molecule has 0 saturated carbocycles. The lowest BCUT2D eigenvalue weighted by Crippen LogP contribution is -2.43. The summed E-state index contributed by atoms with van der Waals surface area (Å²) in [7, 11) is 0. The number of aliphatic hydroxyl groups is 1. The van der Waals surface area contributed by atoms with E-state index in [-0.39, 0.29) is 18.4 Å². The van der Waals surface area contributed by atoms with E-state index in [1.54, 1.807) is 24.3 Å². The van der Waals surface area contributed by atoms with Crippen LogP contribution < -0.4 is 5.32 Å². The average Bonchev–Trinajstić information content (AvgIpc) is 3.07. The molecular formula is C17H21ClN4O2. The molecule has 3 rings (SSSR count). The Kier molecular flexibility index (Phi) is 4.87. The van der Waals surface area contributed by atoms with Gasteiger partial charge in [0.2, 0.25) is 5.91 Å². The highest BCUT2D eigenvalue weighted by molar-refractivity contribution is 6.30. The Bertz CT molecular complexity index is 716. The minimum Gasteiger partial charge on any atom is -0.383 e. The summed E-state index contributed by atoms with van der Waals surface area (Å²) in [6, 6.07) is 7.07. The van der Waals surface area contributed by atoms with Gasteiger partial charge in [0, 0.05) is 17.4 Å². The lowest BCUT2D eigenvalue weighted by Gasteiger charge is -2.29. The number of carbonyl (C=O) groups is 1. The lowest BCUT2D eigenvalue weighted by molar-refractivity contribution is -0.126. The molecule has 24 heavy (non-hydrogen) atoms. The van der Waals surface area contributed by atoms with E-state index in [0.29, 0.717) is 17.9 Å². The van der Waals surface area contributed by atoms with Gasteiger partial charge in [0.1, 0.15) is 5.60 Å². The van der Waals surface area contributed by atoms with Gasteiger partial charge in [0.15, 0.2) is 0 Å². The van der Waals surface area contributed by atoms with Crippen LogP contribution in [0.4, 0.5) is 0 Å². The largest absolute Gasteiger partial charge is 0.383 e. The number of aryl methyl sites for hydroxylation is 1. The van der Waals surface area contributed by atoms with Crippen molar-refractivity contribution in [1.82, 2.24) is 20.7 Å². The second-order valence-electron chi connectivity index (χ2n) is 6.27. The molecule has 1 aliphatic carbocycles. The van der Waals surface area contributed by atoms with Gasteiger partial charge < -0.3 is 10.4 Å². The van der Waals surface area contributed by atoms with E-state index in [4.69, 9.17) is 11.6 Å². The number of carbonyl (C=O) groups excluding carboxylic acids is 1.